The van der Waals surface area contributed by atoms with Gasteiger partial charge < -0.3 is 15.5 Å². The third-order valence-corrected chi connectivity index (χ3v) is 4.29. The molecule has 0 fully saturated rings. The molecule has 3 aromatic rings. The first-order chi connectivity index (χ1) is 11.7. The molecule has 0 amide bonds. The van der Waals surface area contributed by atoms with E-state index in [0.717, 1.165) is 11.3 Å². The summed E-state index contributed by atoms with van der Waals surface area (Å²) in [6.45, 7) is 3.68. The van der Waals surface area contributed by atoms with Crippen molar-refractivity contribution in [2.75, 3.05) is 24.7 Å². The van der Waals surface area contributed by atoms with Crippen LogP contribution in [0.5, 0.6) is 0 Å². The van der Waals surface area contributed by atoms with Gasteiger partial charge in [-0.05, 0) is 12.5 Å². The van der Waals surface area contributed by atoms with Crippen LogP contribution in [0.4, 0.5) is 5.82 Å². The Bertz CT molecular complexity index is 875. The van der Waals surface area contributed by atoms with E-state index in [1.807, 2.05) is 37.3 Å². The van der Waals surface area contributed by atoms with Crippen LogP contribution in [0.25, 0.3) is 11.2 Å². The van der Waals surface area contributed by atoms with E-state index < -0.39 is 0 Å². The monoisotopic (exact) mass is 345 g/mol. The molecule has 0 aliphatic rings. The highest BCUT2D eigenvalue weighted by Gasteiger charge is 2.14. The quantitative estimate of drug-likeness (QED) is 0.385. The van der Waals surface area contributed by atoms with Crippen molar-refractivity contribution in [2.45, 2.75) is 18.6 Å². The molecular formula is C16H19N5O2S. The molecule has 24 heavy (non-hydrogen) atoms. The van der Waals surface area contributed by atoms with Crippen molar-refractivity contribution in [2.24, 2.45) is 0 Å². The highest BCUT2D eigenvalue weighted by Crippen LogP contribution is 2.20. The second kappa shape index (κ2) is 7.50. The van der Waals surface area contributed by atoms with Crippen LogP contribution in [0.3, 0.4) is 0 Å². The fourth-order valence-corrected chi connectivity index (χ4v) is 3.04. The van der Waals surface area contributed by atoms with Crippen molar-refractivity contribution in [1.29, 1.82) is 0 Å². The number of fused-ring (bicyclic) bond motifs is 1. The maximum absolute atomic E-state index is 12.3. The van der Waals surface area contributed by atoms with E-state index in [1.54, 1.807) is 4.57 Å². The first-order valence-corrected chi connectivity index (χ1v) is 8.68. The standard InChI is InChI=1S/C16H19N5O2S/c1-2-23-8-9-24-15-19-13(17)12-14(20-15)21(16(22)18-12)10-11-6-4-3-5-7-11/h3-7H,2,8-10H2,1H3,(H,18,22)(H2,17,19,20). The maximum Gasteiger partial charge on any atom is 0.328 e. The van der Waals surface area contributed by atoms with Crippen LogP contribution in [-0.4, -0.2) is 38.5 Å². The highest BCUT2D eigenvalue weighted by atomic mass is 32.2. The van der Waals surface area contributed by atoms with Gasteiger partial charge >= 0.3 is 5.69 Å². The summed E-state index contributed by atoms with van der Waals surface area (Å²) in [6.07, 6.45) is 0. The van der Waals surface area contributed by atoms with Gasteiger partial charge in [0.15, 0.2) is 16.6 Å². The summed E-state index contributed by atoms with van der Waals surface area (Å²) in [6, 6.07) is 9.75. The molecule has 0 saturated heterocycles. The molecule has 0 atom stereocenters. The summed E-state index contributed by atoms with van der Waals surface area (Å²) in [4.78, 5) is 23.8. The number of nitrogens with two attached hydrogens (primary N) is 1. The lowest BCUT2D eigenvalue weighted by Crippen LogP contribution is -2.17. The van der Waals surface area contributed by atoms with Gasteiger partial charge in [0.25, 0.3) is 0 Å². The molecular weight excluding hydrogens is 326 g/mol. The number of benzene rings is 1. The zero-order valence-electron chi connectivity index (χ0n) is 13.4. The molecule has 2 heterocycles. The number of ether oxygens (including phenoxy) is 1. The molecule has 0 bridgehead atoms. The molecule has 8 heteroatoms. The fraction of sp³-hybridized carbons (Fsp3) is 0.312. The number of imidazole rings is 1. The van der Waals surface area contributed by atoms with Crippen molar-refractivity contribution >= 4 is 28.7 Å². The van der Waals surface area contributed by atoms with Crippen LogP contribution >= 0.6 is 11.8 Å². The fourth-order valence-electron chi connectivity index (χ4n) is 2.34. The molecule has 0 unspecified atom stereocenters. The highest BCUT2D eigenvalue weighted by molar-refractivity contribution is 7.99. The third-order valence-electron chi connectivity index (χ3n) is 3.48. The van der Waals surface area contributed by atoms with Gasteiger partial charge in [-0.25, -0.2) is 14.8 Å². The Hall–Kier alpha value is -2.32. The SMILES string of the molecule is CCOCCSc1nc(N)c2[nH]c(=O)n(Cc3ccccc3)c2n1. The summed E-state index contributed by atoms with van der Waals surface area (Å²) in [5, 5.41) is 0.542. The Kier molecular flexibility index (Phi) is 5.17. The summed E-state index contributed by atoms with van der Waals surface area (Å²) in [5.74, 6) is 1.01. The number of thioether (sulfide) groups is 1. The normalized spacial score (nSPS) is 11.2. The lowest BCUT2D eigenvalue weighted by Gasteiger charge is -2.06. The number of H-pyrrole nitrogens is 1. The van der Waals surface area contributed by atoms with Gasteiger partial charge in [0.1, 0.15) is 5.52 Å². The minimum absolute atomic E-state index is 0.244. The minimum Gasteiger partial charge on any atom is -0.382 e. The summed E-state index contributed by atoms with van der Waals surface area (Å²) in [5.41, 5.74) is 7.76. The molecule has 0 aliphatic carbocycles. The molecule has 0 radical (unpaired) electrons. The lowest BCUT2D eigenvalue weighted by atomic mass is 10.2. The Morgan fingerprint density at radius 2 is 2.08 bits per heavy atom. The van der Waals surface area contributed by atoms with Crippen molar-refractivity contribution in [3.05, 3.63) is 46.4 Å². The molecule has 126 valence electrons. The second-order valence-corrected chi connectivity index (χ2v) is 6.20. The van der Waals surface area contributed by atoms with Crippen LogP contribution in [0.15, 0.2) is 40.3 Å². The van der Waals surface area contributed by atoms with E-state index in [2.05, 4.69) is 15.0 Å². The Labute approximate surface area is 143 Å². The zero-order valence-corrected chi connectivity index (χ0v) is 14.2. The molecule has 3 N–H and O–H groups in total. The predicted molar refractivity (Wildman–Crippen MR) is 95.3 cm³/mol. The van der Waals surface area contributed by atoms with Crippen molar-refractivity contribution in [1.82, 2.24) is 19.5 Å². The topological polar surface area (TPSA) is 98.8 Å². The Morgan fingerprint density at radius 3 is 2.83 bits per heavy atom. The van der Waals surface area contributed by atoms with E-state index >= 15 is 0 Å². The second-order valence-electron chi connectivity index (χ2n) is 5.14. The molecule has 1 aromatic carbocycles. The first kappa shape index (κ1) is 16.5. The van der Waals surface area contributed by atoms with Gasteiger partial charge in [-0.2, -0.15) is 0 Å². The van der Waals surface area contributed by atoms with Crippen LogP contribution in [0.1, 0.15) is 12.5 Å². The van der Waals surface area contributed by atoms with E-state index in [4.69, 9.17) is 10.5 Å². The summed E-state index contributed by atoms with van der Waals surface area (Å²) in [7, 11) is 0. The smallest absolute Gasteiger partial charge is 0.328 e. The predicted octanol–water partition coefficient (Wildman–Crippen LogP) is 1.88. The number of rotatable bonds is 7. The molecule has 2 aromatic heterocycles. The van der Waals surface area contributed by atoms with Crippen LogP contribution in [0.2, 0.25) is 0 Å². The largest absolute Gasteiger partial charge is 0.382 e. The van der Waals surface area contributed by atoms with Crippen LogP contribution in [0, 0.1) is 0 Å². The number of nitrogens with zero attached hydrogens (tertiary/aromatic N) is 3. The number of anilines is 1. The number of aromatic amines is 1. The number of nitrogens with one attached hydrogen (secondary N) is 1. The average Bonchev–Trinajstić information content (AvgIpc) is 2.90. The van der Waals surface area contributed by atoms with E-state index in [0.29, 0.717) is 36.1 Å². The third kappa shape index (κ3) is 3.60. The minimum atomic E-state index is -0.244. The van der Waals surface area contributed by atoms with E-state index in [1.165, 1.54) is 11.8 Å². The van der Waals surface area contributed by atoms with E-state index in [-0.39, 0.29) is 11.5 Å². The number of hydrogen-bond acceptors (Lipinski definition) is 6. The molecule has 7 nitrogen and oxygen atoms in total. The molecule has 0 aliphatic heterocycles. The van der Waals surface area contributed by atoms with Gasteiger partial charge in [-0.3, -0.25) is 4.57 Å². The number of hydrogen-bond donors (Lipinski definition) is 2. The van der Waals surface area contributed by atoms with Gasteiger partial charge in [-0.1, -0.05) is 42.1 Å². The summed E-state index contributed by atoms with van der Waals surface area (Å²) >= 11 is 1.46. The maximum atomic E-state index is 12.3. The van der Waals surface area contributed by atoms with Gasteiger partial charge in [0, 0.05) is 12.4 Å². The Morgan fingerprint density at radius 1 is 1.29 bits per heavy atom. The number of aromatic nitrogens is 4. The van der Waals surface area contributed by atoms with Gasteiger partial charge in [0.05, 0.1) is 13.2 Å². The van der Waals surface area contributed by atoms with E-state index in [9.17, 15) is 4.79 Å². The van der Waals surface area contributed by atoms with Crippen LogP contribution in [-0.2, 0) is 11.3 Å². The van der Waals surface area contributed by atoms with Crippen LogP contribution < -0.4 is 11.4 Å². The van der Waals surface area contributed by atoms with Crippen molar-refractivity contribution in [3.63, 3.8) is 0 Å². The van der Waals surface area contributed by atoms with Gasteiger partial charge in [0.2, 0.25) is 0 Å². The molecule has 0 spiro atoms. The lowest BCUT2D eigenvalue weighted by molar-refractivity contribution is 0.164. The summed E-state index contributed by atoms with van der Waals surface area (Å²) < 4.78 is 6.89. The average molecular weight is 345 g/mol. The molecule has 0 saturated carbocycles. The first-order valence-electron chi connectivity index (χ1n) is 7.69. The zero-order chi connectivity index (χ0) is 16.9. The Balaban J connectivity index is 1.92. The van der Waals surface area contributed by atoms with Gasteiger partial charge in [-0.15, -0.1) is 0 Å². The van der Waals surface area contributed by atoms with Crippen molar-refractivity contribution < 1.29 is 4.74 Å². The van der Waals surface area contributed by atoms with Crippen molar-refractivity contribution in [3.8, 4) is 0 Å². The number of nitrogen functional groups attached to an aromatic ring is 1. The molecule has 3 rings (SSSR count).